The molecule has 0 radical (unpaired) electrons. The average molecular weight is 340 g/mol. The molecule has 0 unspecified atom stereocenters. The van der Waals surface area contributed by atoms with Crippen molar-refractivity contribution in [1.29, 1.82) is 0 Å². The number of rotatable bonds is 7. The molecule has 0 atom stereocenters. The van der Waals surface area contributed by atoms with Gasteiger partial charge in [0.15, 0.2) is 10.7 Å². The Morgan fingerprint density at radius 1 is 1.23 bits per heavy atom. The molecule has 0 N–H and O–H groups in total. The highest BCUT2D eigenvalue weighted by atomic mass is 32.2. The highest BCUT2D eigenvalue weighted by molar-refractivity contribution is 7.75. The monoisotopic (exact) mass is 340 g/mol. The minimum Gasteiger partial charge on any atom is -0.494 e. The van der Waals surface area contributed by atoms with E-state index in [4.69, 9.17) is 4.74 Å². The van der Waals surface area contributed by atoms with Gasteiger partial charge in [0, 0.05) is 12.1 Å². The third kappa shape index (κ3) is 4.53. The molecule has 0 amide bonds. The largest absolute Gasteiger partial charge is 0.494 e. The Labute approximate surface area is 136 Å². The van der Waals surface area contributed by atoms with Crippen molar-refractivity contribution in [1.82, 2.24) is 9.88 Å². The first-order valence-electron chi connectivity index (χ1n) is 6.97. The number of hydrogen-bond donors (Lipinski definition) is 1. The van der Waals surface area contributed by atoms with Gasteiger partial charge in [-0.1, -0.05) is 0 Å². The van der Waals surface area contributed by atoms with Crippen LogP contribution in [0.5, 0.6) is 5.75 Å². The van der Waals surface area contributed by atoms with E-state index in [0.717, 1.165) is 24.3 Å². The molecule has 2 aromatic rings. The van der Waals surface area contributed by atoms with Gasteiger partial charge in [-0.3, -0.25) is 0 Å². The molecular formula is C15H20N2O3S2. The van der Waals surface area contributed by atoms with Gasteiger partial charge in [-0.05, 0) is 51.7 Å². The molecule has 2 rings (SSSR count). The van der Waals surface area contributed by atoms with Crippen LogP contribution in [-0.4, -0.2) is 45.5 Å². The number of ether oxygens (including phenoxy) is 1. The lowest BCUT2D eigenvalue weighted by atomic mass is 10.2. The molecule has 0 bridgehead atoms. The summed E-state index contributed by atoms with van der Waals surface area (Å²) in [5.41, 5.74) is 1.46. The predicted octanol–water partition coefficient (Wildman–Crippen LogP) is 2.42. The van der Waals surface area contributed by atoms with Crippen LogP contribution in [0, 0.1) is 6.92 Å². The van der Waals surface area contributed by atoms with Crippen molar-refractivity contribution in [3.8, 4) is 16.3 Å². The lowest BCUT2D eigenvalue weighted by molar-refractivity contribution is 0.281. The molecule has 0 saturated heterocycles. The summed E-state index contributed by atoms with van der Waals surface area (Å²) >= 11 is 1.20. The number of hydrogen-bond acceptors (Lipinski definition) is 6. The number of benzene rings is 1. The number of thiazole rings is 1. The maximum Gasteiger partial charge on any atom is 0.179 e. The summed E-state index contributed by atoms with van der Waals surface area (Å²) in [7, 11) is 1.49. The first kappa shape index (κ1) is 16.9. The number of aryl methyl sites for hydroxylation is 1. The summed E-state index contributed by atoms with van der Waals surface area (Å²) in [6, 6.07) is 7.58. The van der Waals surface area contributed by atoms with Crippen molar-refractivity contribution in [3.63, 3.8) is 0 Å². The van der Waals surface area contributed by atoms with Gasteiger partial charge in [0.25, 0.3) is 0 Å². The summed E-state index contributed by atoms with van der Waals surface area (Å²) in [4.78, 5) is 6.44. The number of aromatic nitrogens is 1. The minimum absolute atomic E-state index is 0.328. The Hall–Kier alpha value is -1.44. The van der Waals surface area contributed by atoms with E-state index in [1.807, 2.05) is 38.4 Å². The van der Waals surface area contributed by atoms with Gasteiger partial charge < -0.3 is 9.64 Å². The molecule has 1 aromatic heterocycles. The highest BCUT2D eigenvalue weighted by Gasteiger charge is 2.11. The van der Waals surface area contributed by atoms with Gasteiger partial charge in [0.05, 0.1) is 12.3 Å². The summed E-state index contributed by atoms with van der Waals surface area (Å²) in [5.74, 6) is 0.811. The fraction of sp³-hybridized carbons (Fsp3) is 0.400. The Bertz CT molecular complexity index is 683. The standard InChI is InChI=1S/C15H20N2O3S2/c1-11-15(22(18)19)21-14(16-11)12-5-7-13(8-6-12)20-10-4-9-17(2)3/h5-8,22H,4,9-10H2,1-3H3. The van der Waals surface area contributed by atoms with Crippen molar-refractivity contribution >= 4 is 22.0 Å². The van der Waals surface area contributed by atoms with Crippen molar-refractivity contribution in [2.75, 3.05) is 27.2 Å². The molecule has 1 aromatic carbocycles. The molecule has 5 nitrogen and oxygen atoms in total. The van der Waals surface area contributed by atoms with Gasteiger partial charge >= 0.3 is 0 Å². The zero-order valence-electron chi connectivity index (χ0n) is 12.9. The fourth-order valence-electron chi connectivity index (χ4n) is 1.95. The summed E-state index contributed by atoms with van der Waals surface area (Å²) in [5, 5.41) is 0.714. The average Bonchev–Trinajstić information content (AvgIpc) is 2.86. The van der Waals surface area contributed by atoms with Crippen molar-refractivity contribution in [2.24, 2.45) is 0 Å². The zero-order valence-corrected chi connectivity index (χ0v) is 14.6. The summed E-state index contributed by atoms with van der Waals surface area (Å²) < 4.78 is 28.2. The van der Waals surface area contributed by atoms with Crippen LogP contribution in [-0.2, 0) is 10.7 Å². The second-order valence-electron chi connectivity index (χ2n) is 5.20. The number of thiol groups is 1. The van der Waals surface area contributed by atoms with E-state index in [1.165, 1.54) is 11.3 Å². The Morgan fingerprint density at radius 2 is 1.91 bits per heavy atom. The molecule has 22 heavy (non-hydrogen) atoms. The molecule has 0 fully saturated rings. The third-order valence-electron chi connectivity index (χ3n) is 3.06. The van der Waals surface area contributed by atoms with E-state index in [9.17, 15) is 8.42 Å². The summed E-state index contributed by atoms with van der Waals surface area (Å²) in [6.45, 7) is 3.38. The zero-order chi connectivity index (χ0) is 16.1. The molecular weight excluding hydrogens is 320 g/mol. The van der Waals surface area contributed by atoms with Crippen LogP contribution >= 0.6 is 11.3 Å². The maximum atomic E-state index is 11.1. The second-order valence-corrected chi connectivity index (χ2v) is 7.46. The fourth-order valence-corrected chi connectivity index (χ4v) is 3.63. The maximum absolute atomic E-state index is 11.1. The van der Waals surface area contributed by atoms with Crippen LogP contribution in [0.2, 0.25) is 0 Å². The highest BCUT2D eigenvalue weighted by Crippen LogP contribution is 2.29. The van der Waals surface area contributed by atoms with E-state index in [1.54, 1.807) is 6.92 Å². The van der Waals surface area contributed by atoms with Crippen LogP contribution in [0.15, 0.2) is 28.5 Å². The second kappa shape index (κ2) is 7.71. The molecule has 0 aliphatic rings. The van der Waals surface area contributed by atoms with Crippen LogP contribution in [0.4, 0.5) is 0 Å². The van der Waals surface area contributed by atoms with E-state index >= 15 is 0 Å². The van der Waals surface area contributed by atoms with Crippen molar-refractivity contribution < 1.29 is 13.2 Å². The molecule has 1 heterocycles. The molecule has 120 valence electrons. The van der Waals surface area contributed by atoms with E-state index in [2.05, 4.69) is 9.88 Å². The topological polar surface area (TPSA) is 59.5 Å². The van der Waals surface area contributed by atoms with Crippen LogP contribution in [0.3, 0.4) is 0 Å². The lowest BCUT2D eigenvalue weighted by Crippen LogP contribution is -2.15. The Balaban J connectivity index is 2.01. The molecule has 0 aliphatic carbocycles. The first-order chi connectivity index (χ1) is 10.5. The molecule has 0 spiro atoms. The van der Waals surface area contributed by atoms with Gasteiger partial charge in [-0.2, -0.15) is 0 Å². The van der Waals surface area contributed by atoms with Crippen LogP contribution in [0.1, 0.15) is 12.1 Å². The van der Waals surface area contributed by atoms with Gasteiger partial charge in [-0.25, -0.2) is 13.4 Å². The first-order valence-corrected chi connectivity index (χ1v) is 8.96. The van der Waals surface area contributed by atoms with E-state index in [-0.39, 0.29) is 0 Å². The quantitative estimate of drug-likeness (QED) is 0.620. The smallest absolute Gasteiger partial charge is 0.179 e. The summed E-state index contributed by atoms with van der Waals surface area (Å²) in [6.07, 6.45) is 0.973. The van der Waals surface area contributed by atoms with Gasteiger partial charge in [0.2, 0.25) is 0 Å². The van der Waals surface area contributed by atoms with Crippen LogP contribution < -0.4 is 4.74 Å². The van der Waals surface area contributed by atoms with E-state index in [0.29, 0.717) is 21.5 Å². The van der Waals surface area contributed by atoms with E-state index < -0.39 is 10.7 Å². The minimum atomic E-state index is -2.58. The normalized spacial score (nSPS) is 11.3. The molecule has 0 saturated carbocycles. The predicted molar refractivity (Wildman–Crippen MR) is 89.5 cm³/mol. The van der Waals surface area contributed by atoms with Crippen LogP contribution in [0.25, 0.3) is 10.6 Å². The van der Waals surface area contributed by atoms with Gasteiger partial charge in [0.1, 0.15) is 15.0 Å². The van der Waals surface area contributed by atoms with Crippen molar-refractivity contribution in [3.05, 3.63) is 30.0 Å². The lowest BCUT2D eigenvalue weighted by Gasteiger charge is -2.10. The van der Waals surface area contributed by atoms with Crippen molar-refractivity contribution in [2.45, 2.75) is 17.6 Å². The Kier molecular flexibility index (Phi) is 5.93. The van der Waals surface area contributed by atoms with Gasteiger partial charge in [-0.15, -0.1) is 11.3 Å². The third-order valence-corrected chi connectivity index (χ3v) is 5.44. The molecule has 7 heteroatoms. The molecule has 0 aliphatic heterocycles. The number of nitrogens with zero attached hydrogens (tertiary/aromatic N) is 2. The Morgan fingerprint density at radius 3 is 2.45 bits per heavy atom. The SMILES string of the molecule is Cc1nc(-c2ccc(OCCCN(C)C)cc2)sc1[SH](=O)=O.